The van der Waals surface area contributed by atoms with Crippen LogP contribution in [-0.4, -0.2) is 5.54 Å². The third kappa shape index (κ3) is 5.27. The highest BCUT2D eigenvalue weighted by Gasteiger charge is 2.20. The van der Waals surface area contributed by atoms with Crippen molar-refractivity contribution in [2.24, 2.45) is 0 Å². The molecule has 0 aliphatic carbocycles. The normalized spacial score (nSPS) is 13.4. The van der Waals surface area contributed by atoms with E-state index in [0.29, 0.717) is 0 Å². The van der Waals surface area contributed by atoms with Gasteiger partial charge in [0.05, 0.1) is 0 Å². The van der Waals surface area contributed by atoms with Gasteiger partial charge in [0.1, 0.15) is 0 Å². The van der Waals surface area contributed by atoms with Gasteiger partial charge in [0.2, 0.25) is 0 Å². The quantitative estimate of drug-likeness (QED) is 0.545. The van der Waals surface area contributed by atoms with Crippen LogP contribution >= 0.6 is 0 Å². The van der Waals surface area contributed by atoms with E-state index in [-0.39, 0.29) is 11.6 Å². The standard InChI is InChI=1S/C18H25N/c1-6-13-18(4,5)19-17(14-15(3)7-2)16-11-9-8-10-12-16/h6-13,17,19H,2-3,14H2,1,4-5H3/b13-6-. The minimum absolute atomic E-state index is 0.0449. The molecule has 0 amide bonds. The third-order valence-electron chi connectivity index (χ3n) is 3.09. The molecule has 1 atom stereocenters. The highest BCUT2D eigenvalue weighted by atomic mass is 15.0. The zero-order valence-electron chi connectivity index (χ0n) is 12.3. The molecule has 0 heterocycles. The number of benzene rings is 1. The van der Waals surface area contributed by atoms with Gasteiger partial charge in [-0.25, -0.2) is 0 Å². The summed E-state index contributed by atoms with van der Waals surface area (Å²) in [6.45, 7) is 14.2. The van der Waals surface area contributed by atoms with Crippen LogP contribution in [-0.2, 0) is 0 Å². The second-order valence-electron chi connectivity index (χ2n) is 5.40. The summed E-state index contributed by atoms with van der Waals surface area (Å²) in [5, 5.41) is 3.68. The van der Waals surface area contributed by atoms with E-state index in [1.54, 1.807) is 0 Å². The maximum absolute atomic E-state index is 4.04. The maximum Gasteiger partial charge on any atom is 0.0368 e. The molecule has 1 unspecified atom stereocenters. The molecule has 102 valence electrons. The molecule has 0 saturated carbocycles. The van der Waals surface area contributed by atoms with E-state index < -0.39 is 0 Å². The number of rotatable bonds is 7. The molecule has 0 aromatic heterocycles. The van der Waals surface area contributed by atoms with E-state index in [0.717, 1.165) is 12.0 Å². The highest BCUT2D eigenvalue weighted by Crippen LogP contribution is 2.24. The Labute approximate surface area is 117 Å². The zero-order chi connectivity index (χ0) is 14.3. The fourth-order valence-corrected chi connectivity index (χ4v) is 2.20. The Morgan fingerprint density at radius 3 is 2.47 bits per heavy atom. The van der Waals surface area contributed by atoms with Gasteiger partial charge in [0.15, 0.2) is 0 Å². The summed E-state index contributed by atoms with van der Waals surface area (Å²) in [4.78, 5) is 0. The van der Waals surface area contributed by atoms with Crippen LogP contribution in [0.5, 0.6) is 0 Å². The molecule has 1 nitrogen and oxygen atoms in total. The molecule has 0 spiro atoms. The van der Waals surface area contributed by atoms with E-state index in [4.69, 9.17) is 0 Å². The van der Waals surface area contributed by atoms with Gasteiger partial charge in [-0.05, 0) is 32.8 Å². The van der Waals surface area contributed by atoms with Gasteiger partial charge in [0, 0.05) is 11.6 Å². The van der Waals surface area contributed by atoms with E-state index in [9.17, 15) is 0 Å². The molecule has 0 fully saturated rings. The lowest BCUT2D eigenvalue weighted by Crippen LogP contribution is -2.40. The van der Waals surface area contributed by atoms with Crippen LogP contribution in [0, 0.1) is 0 Å². The van der Waals surface area contributed by atoms with E-state index in [1.165, 1.54) is 5.56 Å². The first-order valence-corrected chi connectivity index (χ1v) is 6.75. The van der Waals surface area contributed by atoms with Gasteiger partial charge in [-0.15, -0.1) is 0 Å². The molecule has 1 aromatic carbocycles. The summed E-state index contributed by atoms with van der Waals surface area (Å²) in [5.41, 5.74) is 2.29. The van der Waals surface area contributed by atoms with Crippen molar-refractivity contribution < 1.29 is 0 Å². The number of hydrogen-bond acceptors (Lipinski definition) is 1. The van der Waals surface area contributed by atoms with E-state index in [1.807, 2.05) is 19.1 Å². The fourth-order valence-electron chi connectivity index (χ4n) is 2.20. The van der Waals surface area contributed by atoms with Crippen LogP contribution < -0.4 is 5.32 Å². The Kier molecular flexibility index (Phi) is 5.78. The molecule has 1 heteroatoms. The largest absolute Gasteiger partial charge is 0.301 e. The molecule has 0 bridgehead atoms. The Bertz CT molecular complexity index is 440. The predicted molar refractivity (Wildman–Crippen MR) is 85.2 cm³/mol. The molecule has 19 heavy (non-hydrogen) atoms. The average molecular weight is 255 g/mol. The minimum Gasteiger partial charge on any atom is -0.301 e. The van der Waals surface area contributed by atoms with Gasteiger partial charge < -0.3 is 5.32 Å². The monoisotopic (exact) mass is 255 g/mol. The van der Waals surface area contributed by atoms with Crippen LogP contribution in [0.3, 0.4) is 0 Å². The summed E-state index contributed by atoms with van der Waals surface area (Å²) < 4.78 is 0. The Hall–Kier alpha value is -1.60. The van der Waals surface area contributed by atoms with Crippen LogP contribution in [0.25, 0.3) is 0 Å². The molecule has 0 radical (unpaired) electrons. The zero-order valence-corrected chi connectivity index (χ0v) is 12.3. The first kappa shape index (κ1) is 15.5. The minimum atomic E-state index is -0.0449. The molecule has 0 aliphatic rings. The predicted octanol–water partition coefficient (Wildman–Crippen LogP) is 4.80. The Morgan fingerprint density at radius 2 is 1.95 bits per heavy atom. The topological polar surface area (TPSA) is 12.0 Å². The molecule has 1 N–H and O–H groups in total. The molecule has 0 saturated heterocycles. The van der Waals surface area contributed by atoms with Crippen LogP contribution in [0.15, 0.2) is 67.3 Å². The summed E-state index contributed by atoms with van der Waals surface area (Å²) in [7, 11) is 0. The van der Waals surface area contributed by atoms with Crippen molar-refractivity contribution in [1.29, 1.82) is 0 Å². The van der Waals surface area contributed by atoms with Crippen molar-refractivity contribution in [2.45, 2.75) is 38.8 Å². The summed E-state index contributed by atoms with van der Waals surface area (Å²) in [6.07, 6.45) is 6.96. The first-order valence-electron chi connectivity index (χ1n) is 6.75. The van der Waals surface area contributed by atoms with Gasteiger partial charge in [-0.2, -0.15) is 0 Å². The van der Waals surface area contributed by atoms with Gasteiger partial charge >= 0.3 is 0 Å². The molecular weight excluding hydrogens is 230 g/mol. The lowest BCUT2D eigenvalue weighted by atomic mass is 9.95. The van der Waals surface area contributed by atoms with Crippen LogP contribution in [0.4, 0.5) is 0 Å². The van der Waals surface area contributed by atoms with Crippen molar-refractivity contribution in [3.05, 3.63) is 72.9 Å². The van der Waals surface area contributed by atoms with Gasteiger partial charge in [-0.3, -0.25) is 0 Å². The molecule has 1 rings (SSSR count). The van der Waals surface area contributed by atoms with E-state index >= 15 is 0 Å². The van der Waals surface area contributed by atoms with Crippen molar-refractivity contribution >= 4 is 0 Å². The van der Waals surface area contributed by atoms with Crippen LogP contribution in [0.2, 0.25) is 0 Å². The SMILES string of the molecule is C=CC(=C)CC(NC(C)(C)/C=C\C)c1ccccc1. The summed E-state index contributed by atoms with van der Waals surface area (Å²) in [6, 6.07) is 10.7. The summed E-state index contributed by atoms with van der Waals surface area (Å²) in [5.74, 6) is 0. The molecule has 0 aliphatic heterocycles. The Balaban J connectivity index is 2.93. The Morgan fingerprint density at radius 1 is 1.32 bits per heavy atom. The summed E-state index contributed by atoms with van der Waals surface area (Å²) >= 11 is 0. The second-order valence-corrected chi connectivity index (χ2v) is 5.40. The highest BCUT2D eigenvalue weighted by molar-refractivity contribution is 5.24. The molecular formula is C18H25N. The number of allylic oxidation sites excluding steroid dienone is 2. The van der Waals surface area contributed by atoms with Gasteiger partial charge in [0.25, 0.3) is 0 Å². The van der Waals surface area contributed by atoms with Crippen molar-refractivity contribution in [3.63, 3.8) is 0 Å². The maximum atomic E-state index is 4.04. The second kappa shape index (κ2) is 7.10. The lowest BCUT2D eigenvalue weighted by molar-refractivity contribution is 0.398. The lowest BCUT2D eigenvalue weighted by Gasteiger charge is -2.30. The molecule has 1 aromatic rings. The fraction of sp³-hybridized carbons (Fsp3) is 0.333. The van der Waals surface area contributed by atoms with Gasteiger partial charge in [-0.1, -0.05) is 67.3 Å². The van der Waals surface area contributed by atoms with Crippen LogP contribution in [0.1, 0.15) is 38.8 Å². The van der Waals surface area contributed by atoms with Crippen molar-refractivity contribution in [1.82, 2.24) is 5.32 Å². The number of nitrogens with one attached hydrogen (secondary N) is 1. The van der Waals surface area contributed by atoms with E-state index in [2.05, 4.69) is 68.7 Å². The smallest absolute Gasteiger partial charge is 0.0368 e. The average Bonchev–Trinajstić information content (AvgIpc) is 2.38. The first-order chi connectivity index (χ1) is 8.98. The number of hydrogen-bond donors (Lipinski definition) is 1. The van der Waals surface area contributed by atoms with Crippen molar-refractivity contribution in [2.75, 3.05) is 0 Å². The third-order valence-corrected chi connectivity index (χ3v) is 3.09. The van der Waals surface area contributed by atoms with Crippen molar-refractivity contribution in [3.8, 4) is 0 Å².